The molecule has 0 saturated carbocycles. The van der Waals surface area contributed by atoms with Crippen LogP contribution in [0.3, 0.4) is 0 Å². The molecule has 1 aliphatic rings. The number of β-amino-alcohol motifs (C(OH)–C–C–N with tert-alkyl or cyclic N) is 1. The van der Waals surface area contributed by atoms with Crippen LogP contribution in [-0.2, 0) is 13.1 Å². The zero-order chi connectivity index (χ0) is 16.2. The van der Waals surface area contributed by atoms with Crippen LogP contribution in [-0.4, -0.2) is 40.6 Å². The van der Waals surface area contributed by atoms with E-state index in [9.17, 15) is 5.11 Å². The molecule has 0 spiro atoms. The summed E-state index contributed by atoms with van der Waals surface area (Å²) in [6.45, 7) is 8.23. The summed E-state index contributed by atoms with van der Waals surface area (Å²) in [4.78, 5) is 0. The first-order valence-corrected chi connectivity index (χ1v) is 8.31. The fourth-order valence-electron chi connectivity index (χ4n) is 3.21. The molecular weight excluding hydrogens is 288 g/mol. The SMILES string of the molecule is Cc1nn(Cc2ccccc2)c(C)c1CNCC1CNCC1O. The van der Waals surface area contributed by atoms with Gasteiger partial charge >= 0.3 is 0 Å². The van der Waals surface area contributed by atoms with E-state index in [4.69, 9.17) is 0 Å². The number of rotatable bonds is 6. The predicted octanol–water partition coefficient (Wildman–Crippen LogP) is 1.22. The van der Waals surface area contributed by atoms with Crippen LogP contribution in [0.1, 0.15) is 22.5 Å². The average molecular weight is 314 g/mol. The second kappa shape index (κ2) is 7.25. The Bertz CT molecular complexity index is 638. The Kier molecular flexibility index (Phi) is 5.10. The fourth-order valence-corrected chi connectivity index (χ4v) is 3.21. The maximum absolute atomic E-state index is 9.84. The van der Waals surface area contributed by atoms with E-state index in [-0.39, 0.29) is 6.10 Å². The molecule has 5 heteroatoms. The molecule has 3 N–H and O–H groups in total. The molecule has 2 atom stereocenters. The lowest BCUT2D eigenvalue weighted by molar-refractivity contribution is 0.146. The minimum absolute atomic E-state index is 0.231. The molecule has 2 heterocycles. The topological polar surface area (TPSA) is 62.1 Å². The van der Waals surface area contributed by atoms with Crippen molar-refractivity contribution in [1.29, 1.82) is 0 Å². The van der Waals surface area contributed by atoms with Crippen molar-refractivity contribution in [3.63, 3.8) is 0 Å². The molecule has 0 bridgehead atoms. The van der Waals surface area contributed by atoms with E-state index in [1.54, 1.807) is 0 Å². The van der Waals surface area contributed by atoms with Gasteiger partial charge in [0, 0.05) is 43.4 Å². The molecule has 1 aliphatic heterocycles. The Morgan fingerprint density at radius 3 is 2.74 bits per heavy atom. The second-order valence-electron chi connectivity index (χ2n) is 6.41. The first kappa shape index (κ1) is 16.2. The molecule has 0 amide bonds. The highest BCUT2D eigenvalue weighted by molar-refractivity contribution is 5.26. The zero-order valence-corrected chi connectivity index (χ0v) is 13.9. The number of aliphatic hydroxyl groups excluding tert-OH is 1. The number of nitrogens with zero attached hydrogens (tertiary/aromatic N) is 2. The molecule has 2 aromatic rings. The van der Waals surface area contributed by atoms with E-state index in [2.05, 4.69) is 58.5 Å². The minimum Gasteiger partial charge on any atom is -0.391 e. The van der Waals surface area contributed by atoms with Gasteiger partial charge in [0.1, 0.15) is 0 Å². The number of nitrogens with one attached hydrogen (secondary N) is 2. The molecule has 5 nitrogen and oxygen atoms in total. The summed E-state index contributed by atoms with van der Waals surface area (Å²) >= 11 is 0. The Labute approximate surface area is 137 Å². The maximum atomic E-state index is 9.84. The number of aliphatic hydroxyl groups is 1. The standard InChI is InChI=1S/C18H26N4O/c1-13-17(10-19-8-16-9-20-11-18(16)23)14(2)22(21-13)12-15-6-4-3-5-7-15/h3-7,16,18-20,23H,8-12H2,1-2H3. The van der Waals surface area contributed by atoms with Crippen molar-refractivity contribution in [1.82, 2.24) is 20.4 Å². The van der Waals surface area contributed by atoms with Crippen LogP contribution < -0.4 is 10.6 Å². The summed E-state index contributed by atoms with van der Waals surface area (Å²) in [5, 5.41) is 21.2. The summed E-state index contributed by atoms with van der Waals surface area (Å²) in [7, 11) is 0. The van der Waals surface area contributed by atoms with E-state index in [1.165, 1.54) is 16.8 Å². The minimum atomic E-state index is -0.231. The van der Waals surface area contributed by atoms with E-state index < -0.39 is 0 Å². The van der Waals surface area contributed by atoms with Crippen LogP contribution in [0.4, 0.5) is 0 Å². The normalized spacial score (nSPS) is 21.0. The van der Waals surface area contributed by atoms with Gasteiger partial charge in [-0.2, -0.15) is 5.10 Å². The molecule has 124 valence electrons. The van der Waals surface area contributed by atoms with Crippen molar-refractivity contribution in [2.45, 2.75) is 33.0 Å². The van der Waals surface area contributed by atoms with Crippen molar-refractivity contribution in [3.05, 3.63) is 52.8 Å². The highest BCUT2D eigenvalue weighted by Gasteiger charge is 2.24. The van der Waals surface area contributed by atoms with Crippen LogP contribution in [0.15, 0.2) is 30.3 Å². The van der Waals surface area contributed by atoms with Crippen LogP contribution in [0.5, 0.6) is 0 Å². The third-order valence-corrected chi connectivity index (χ3v) is 4.72. The highest BCUT2D eigenvalue weighted by Crippen LogP contribution is 2.15. The largest absolute Gasteiger partial charge is 0.391 e. The lowest BCUT2D eigenvalue weighted by Gasteiger charge is -2.14. The van der Waals surface area contributed by atoms with Gasteiger partial charge < -0.3 is 15.7 Å². The molecule has 1 saturated heterocycles. The highest BCUT2D eigenvalue weighted by atomic mass is 16.3. The third-order valence-electron chi connectivity index (χ3n) is 4.72. The Hall–Kier alpha value is -1.69. The van der Waals surface area contributed by atoms with Gasteiger partial charge in [-0.15, -0.1) is 0 Å². The van der Waals surface area contributed by atoms with Gasteiger partial charge in [0.05, 0.1) is 18.3 Å². The number of hydrogen-bond donors (Lipinski definition) is 3. The molecule has 1 aromatic carbocycles. The smallest absolute Gasteiger partial charge is 0.0716 e. The summed E-state index contributed by atoms with van der Waals surface area (Å²) < 4.78 is 2.08. The number of hydrogen-bond acceptors (Lipinski definition) is 4. The van der Waals surface area contributed by atoms with Crippen molar-refractivity contribution in [3.8, 4) is 0 Å². The Morgan fingerprint density at radius 2 is 2.04 bits per heavy atom. The van der Waals surface area contributed by atoms with Crippen molar-refractivity contribution in [2.24, 2.45) is 5.92 Å². The molecule has 0 radical (unpaired) electrons. The lowest BCUT2D eigenvalue weighted by Crippen LogP contribution is -2.30. The maximum Gasteiger partial charge on any atom is 0.0716 e. The molecular formula is C18H26N4O. The van der Waals surface area contributed by atoms with Crippen LogP contribution in [0.2, 0.25) is 0 Å². The van der Waals surface area contributed by atoms with Crippen molar-refractivity contribution in [2.75, 3.05) is 19.6 Å². The van der Waals surface area contributed by atoms with Gasteiger partial charge in [-0.05, 0) is 19.4 Å². The van der Waals surface area contributed by atoms with Gasteiger partial charge in [-0.1, -0.05) is 30.3 Å². The molecule has 2 unspecified atom stereocenters. The van der Waals surface area contributed by atoms with Gasteiger partial charge in [-0.25, -0.2) is 0 Å². The number of benzene rings is 1. The van der Waals surface area contributed by atoms with E-state index in [1.807, 2.05) is 6.07 Å². The summed E-state index contributed by atoms with van der Waals surface area (Å²) in [6.07, 6.45) is -0.231. The van der Waals surface area contributed by atoms with Crippen LogP contribution >= 0.6 is 0 Å². The molecule has 23 heavy (non-hydrogen) atoms. The third kappa shape index (κ3) is 3.80. The summed E-state index contributed by atoms with van der Waals surface area (Å²) in [6, 6.07) is 10.4. The monoisotopic (exact) mass is 314 g/mol. The first-order valence-electron chi connectivity index (χ1n) is 8.31. The predicted molar refractivity (Wildman–Crippen MR) is 91.3 cm³/mol. The first-order chi connectivity index (χ1) is 11.1. The average Bonchev–Trinajstić information content (AvgIpc) is 3.06. The van der Waals surface area contributed by atoms with E-state index >= 15 is 0 Å². The van der Waals surface area contributed by atoms with Gasteiger partial charge in [0.25, 0.3) is 0 Å². The van der Waals surface area contributed by atoms with Crippen LogP contribution in [0.25, 0.3) is 0 Å². The molecule has 3 rings (SSSR count). The lowest BCUT2D eigenvalue weighted by atomic mass is 10.1. The Morgan fingerprint density at radius 1 is 1.26 bits per heavy atom. The van der Waals surface area contributed by atoms with Crippen molar-refractivity contribution >= 4 is 0 Å². The van der Waals surface area contributed by atoms with Gasteiger partial charge in [-0.3, -0.25) is 4.68 Å². The summed E-state index contributed by atoms with van der Waals surface area (Å²) in [5.41, 5.74) is 4.82. The van der Waals surface area contributed by atoms with Gasteiger partial charge in [0.2, 0.25) is 0 Å². The molecule has 0 aliphatic carbocycles. The van der Waals surface area contributed by atoms with E-state index in [0.29, 0.717) is 12.5 Å². The second-order valence-corrected chi connectivity index (χ2v) is 6.41. The Balaban J connectivity index is 1.61. The quantitative estimate of drug-likeness (QED) is 0.750. The zero-order valence-electron chi connectivity index (χ0n) is 13.9. The molecule has 1 fully saturated rings. The summed E-state index contributed by atoms with van der Waals surface area (Å²) in [5.74, 6) is 0.301. The molecule has 1 aromatic heterocycles. The number of aryl methyl sites for hydroxylation is 1. The van der Waals surface area contributed by atoms with Gasteiger partial charge in [0.15, 0.2) is 0 Å². The fraction of sp³-hybridized carbons (Fsp3) is 0.500. The number of aromatic nitrogens is 2. The van der Waals surface area contributed by atoms with E-state index in [0.717, 1.165) is 31.9 Å². The van der Waals surface area contributed by atoms with Crippen molar-refractivity contribution < 1.29 is 5.11 Å². The van der Waals surface area contributed by atoms with Crippen LogP contribution in [0, 0.1) is 19.8 Å².